The summed E-state index contributed by atoms with van der Waals surface area (Å²) in [4.78, 5) is 72.6. The largest absolute Gasteiger partial charge is 0.465 e. The molecule has 0 atom stereocenters. The molecule has 52 heavy (non-hydrogen) atoms. The Bertz CT molecular complexity index is 1490. The zero-order valence-electron chi connectivity index (χ0n) is 30.1. The molecule has 0 aromatic heterocycles. The summed E-state index contributed by atoms with van der Waals surface area (Å²) in [6.45, 7) is 2.24. The van der Waals surface area contributed by atoms with Gasteiger partial charge in [-0.2, -0.15) is 0 Å². The minimum Gasteiger partial charge on any atom is -0.465 e. The molecule has 12 heteroatoms. The van der Waals surface area contributed by atoms with Crippen molar-refractivity contribution in [1.82, 2.24) is 21.3 Å². The molecule has 278 valence electrons. The minimum absolute atomic E-state index is 0.178. The van der Waals surface area contributed by atoms with Crippen LogP contribution in [0.5, 0.6) is 0 Å². The number of methoxy groups -OCH3 is 2. The van der Waals surface area contributed by atoms with Crippen molar-refractivity contribution in [2.75, 3.05) is 40.4 Å². The molecule has 4 N–H and O–H groups in total. The molecule has 0 unspecified atom stereocenters. The van der Waals surface area contributed by atoms with Crippen LogP contribution in [0.15, 0.2) is 72.8 Å². The molecule has 3 aromatic carbocycles. The quantitative estimate of drug-likeness (QED) is 0.0784. The Labute approximate surface area is 305 Å². The summed E-state index contributed by atoms with van der Waals surface area (Å²) >= 11 is 0. The van der Waals surface area contributed by atoms with E-state index in [1.165, 1.54) is 14.2 Å². The van der Waals surface area contributed by atoms with E-state index in [0.29, 0.717) is 59.6 Å². The fraction of sp³-hybridized carbons (Fsp3) is 0.400. The maximum atomic E-state index is 12.5. The number of carbonyl (C=O) groups is 6. The van der Waals surface area contributed by atoms with Crippen molar-refractivity contribution in [3.63, 3.8) is 0 Å². The van der Waals surface area contributed by atoms with Gasteiger partial charge in [-0.25, -0.2) is 9.59 Å². The fourth-order valence-electron chi connectivity index (χ4n) is 5.30. The number of ether oxygens (including phenoxy) is 2. The summed E-state index contributed by atoms with van der Waals surface area (Å²) in [6.07, 6.45) is 9.19. The molecule has 0 spiro atoms. The highest BCUT2D eigenvalue weighted by Crippen LogP contribution is 2.09. The highest BCUT2D eigenvalue weighted by molar-refractivity contribution is 5.98. The Morgan fingerprint density at radius 2 is 0.538 bits per heavy atom. The highest BCUT2D eigenvalue weighted by Gasteiger charge is 2.11. The van der Waals surface area contributed by atoms with Crippen molar-refractivity contribution < 1.29 is 38.2 Å². The van der Waals surface area contributed by atoms with E-state index in [2.05, 4.69) is 30.7 Å². The van der Waals surface area contributed by atoms with Gasteiger partial charge in [0, 0.05) is 48.4 Å². The third-order valence-corrected chi connectivity index (χ3v) is 8.39. The molecule has 0 saturated carbocycles. The number of esters is 2. The van der Waals surface area contributed by atoms with E-state index in [4.69, 9.17) is 0 Å². The highest BCUT2D eigenvalue weighted by atomic mass is 16.5. The molecule has 0 saturated heterocycles. The molecule has 3 rings (SSSR count). The maximum Gasteiger partial charge on any atom is 0.337 e. The van der Waals surface area contributed by atoms with Crippen LogP contribution in [0.1, 0.15) is 126 Å². The van der Waals surface area contributed by atoms with Crippen molar-refractivity contribution in [1.29, 1.82) is 0 Å². The first-order valence-corrected chi connectivity index (χ1v) is 17.8. The molecule has 0 bridgehead atoms. The van der Waals surface area contributed by atoms with Crippen LogP contribution in [0, 0.1) is 0 Å². The SMILES string of the molecule is COC(=O)c1ccc(C(=O)NCCCCCCCNC(=O)c2ccc(C(=O)NCCCCCCCNC(=O)c3ccc(C(=O)OC)cc3)cc2)cc1. The second-order valence-electron chi connectivity index (χ2n) is 12.3. The molecule has 0 radical (unpaired) electrons. The van der Waals surface area contributed by atoms with Gasteiger partial charge in [-0.1, -0.05) is 38.5 Å². The molecule has 12 nitrogen and oxygen atoms in total. The van der Waals surface area contributed by atoms with E-state index in [-0.39, 0.29) is 23.6 Å². The standard InChI is InChI=1S/C40H50N4O8/c1-51-39(49)33-21-17-31(18-22-33)37(47)43-27-11-7-3-5-9-25-41-35(45)29-13-15-30(16-14-29)36(46)42-26-10-6-4-8-12-28-44-38(48)32-19-23-34(24-20-32)40(50)52-2/h13-24H,3-12,25-28H2,1-2H3,(H,41,45)(H,42,46)(H,43,47)(H,44,48). The van der Waals surface area contributed by atoms with Gasteiger partial charge in [0.1, 0.15) is 0 Å². The fourth-order valence-corrected chi connectivity index (χ4v) is 5.30. The molecule has 0 heterocycles. The summed E-state index contributed by atoms with van der Waals surface area (Å²) in [5.74, 6) is -1.61. The van der Waals surface area contributed by atoms with Gasteiger partial charge in [0.25, 0.3) is 23.6 Å². The van der Waals surface area contributed by atoms with Crippen LogP contribution in [0.4, 0.5) is 0 Å². The molecule has 3 aromatic rings. The van der Waals surface area contributed by atoms with Gasteiger partial charge in [0.05, 0.1) is 25.3 Å². The zero-order chi connectivity index (χ0) is 37.6. The molecular formula is C40H50N4O8. The van der Waals surface area contributed by atoms with Crippen molar-refractivity contribution >= 4 is 35.6 Å². The number of hydrogen-bond donors (Lipinski definition) is 4. The van der Waals surface area contributed by atoms with E-state index in [1.807, 2.05) is 0 Å². The van der Waals surface area contributed by atoms with Crippen LogP contribution >= 0.6 is 0 Å². The first-order chi connectivity index (χ1) is 25.2. The summed E-state index contributed by atoms with van der Waals surface area (Å²) in [5.41, 5.74) is 2.77. The number of carbonyl (C=O) groups excluding carboxylic acids is 6. The Balaban J connectivity index is 1.16. The van der Waals surface area contributed by atoms with Gasteiger partial charge in [0.15, 0.2) is 0 Å². The Morgan fingerprint density at radius 3 is 0.750 bits per heavy atom. The molecule has 0 fully saturated rings. The lowest BCUT2D eigenvalue weighted by Gasteiger charge is -2.08. The smallest absolute Gasteiger partial charge is 0.337 e. The number of unbranched alkanes of at least 4 members (excludes halogenated alkanes) is 8. The van der Waals surface area contributed by atoms with Gasteiger partial charge in [0.2, 0.25) is 0 Å². The Hall–Kier alpha value is -5.52. The molecular weight excluding hydrogens is 664 g/mol. The van der Waals surface area contributed by atoms with Gasteiger partial charge in [-0.15, -0.1) is 0 Å². The summed E-state index contributed by atoms with van der Waals surface area (Å²) in [6, 6.07) is 19.3. The predicted octanol–water partition coefficient (Wildman–Crippen LogP) is 5.48. The van der Waals surface area contributed by atoms with Crippen LogP contribution in [-0.2, 0) is 9.47 Å². The predicted molar refractivity (Wildman–Crippen MR) is 198 cm³/mol. The molecule has 0 aliphatic heterocycles. The molecule has 0 aliphatic carbocycles. The van der Waals surface area contributed by atoms with Gasteiger partial charge in [-0.05, 0) is 98.5 Å². The number of hydrogen-bond acceptors (Lipinski definition) is 8. The van der Waals surface area contributed by atoms with E-state index < -0.39 is 11.9 Å². The normalized spacial score (nSPS) is 10.5. The summed E-state index contributed by atoms with van der Waals surface area (Å²) in [7, 11) is 2.62. The number of benzene rings is 3. The van der Waals surface area contributed by atoms with Crippen molar-refractivity contribution in [3.05, 3.63) is 106 Å². The lowest BCUT2D eigenvalue weighted by Crippen LogP contribution is -2.26. The van der Waals surface area contributed by atoms with Crippen LogP contribution < -0.4 is 21.3 Å². The summed E-state index contributed by atoms with van der Waals surface area (Å²) in [5, 5.41) is 11.6. The minimum atomic E-state index is -0.443. The Kier molecular flexibility index (Phi) is 18.1. The topological polar surface area (TPSA) is 169 Å². The summed E-state index contributed by atoms with van der Waals surface area (Å²) < 4.78 is 9.32. The monoisotopic (exact) mass is 714 g/mol. The van der Waals surface area contributed by atoms with Gasteiger partial charge >= 0.3 is 11.9 Å². The Morgan fingerprint density at radius 1 is 0.346 bits per heavy atom. The lowest BCUT2D eigenvalue weighted by molar-refractivity contribution is 0.0592. The second-order valence-corrected chi connectivity index (χ2v) is 12.3. The van der Waals surface area contributed by atoms with Crippen molar-refractivity contribution in [2.45, 2.75) is 64.2 Å². The van der Waals surface area contributed by atoms with Crippen molar-refractivity contribution in [3.8, 4) is 0 Å². The molecule has 4 amide bonds. The third-order valence-electron chi connectivity index (χ3n) is 8.39. The van der Waals surface area contributed by atoms with E-state index in [9.17, 15) is 28.8 Å². The number of rotatable bonds is 22. The number of amides is 4. The number of nitrogens with one attached hydrogen (secondary N) is 4. The third kappa shape index (κ3) is 14.4. The lowest BCUT2D eigenvalue weighted by atomic mass is 10.1. The van der Waals surface area contributed by atoms with Gasteiger partial charge < -0.3 is 30.7 Å². The van der Waals surface area contributed by atoms with Crippen molar-refractivity contribution in [2.24, 2.45) is 0 Å². The average molecular weight is 715 g/mol. The van der Waals surface area contributed by atoms with Crippen LogP contribution in [0.2, 0.25) is 0 Å². The van der Waals surface area contributed by atoms with Crippen LogP contribution in [-0.4, -0.2) is 76.0 Å². The maximum absolute atomic E-state index is 12.5. The van der Waals surface area contributed by atoms with E-state index >= 15 is 0 Å². The average Bonchev–Trinajstić information content (AvgIpc) is 3.18. The first kappa shape index (κ1) is 40.9. The van der Waals surface area contributed by atoms with E-state index in [1.54, 1.807) is 72.8 Å². The van der Waals surface area contributed by atoms with Gasteiger partial charge in [-0.3, -0.25) is 19.2 Å². The zero-order valence-corrected chi connectivity index (χ0v) is 30.1. The van der Waals surface area contributed by atoms with E-state index in [0.717, 1.165) is 64.2 Å². The molecule has 0 aliphatic rings. The van der Waals surface area contributed by atoms with Crippen LogP contribution in [0.3, 0.4) is 0 Å². The first-order valence-electron chi connectivity index (χ1n) is 17.8. The second kappa shape index (κ2) is 23.0. The van der Waals surface area contributed by atoms with Crippen LogP contribution in [0.25, 0.3) is 0 Å².